The van der Waals surface area contributed by atoms with Crippen LogP contribution >= 0.6 is 0 Å². The predicted octanol–water partition coefficient (Wildman–Crippen LogP) is 2.67. The molecule has 31 heavy (non-hydrogen) atoms. The fraction of sp³-hybridized carbons (Fsp3) is 0.136. The molecule has 2 aromatic carbocycles. The number of hydrazone groups is 1. The van der Waals surface area contributed by atoms with E-state index in [4.69, 9.17) is 9.52 Å². The first kappa shape index (κ1) is 21.4. The van der Waals surface area contributed by atoms with Crippen LogP contribution in [0.1, 0.15) is 34.3 Å². The molecule has 0 fully saturated rings. The summed E-state index contributed by atoms with van der Waals surface area (Å²) in [5, 5.41) is 15.6. The monoisotopic (exact) mass is 421 g/mol. The summed E-state index contributed by atoms with van der Waals surface area (Å²) in [4.78, 5) is 47.2. The van der Waals surface area contributed by atoms with E-state index in [-0.39, 0.29) is 29.4 Å². The van der Waals surface area contributed by atoms with Gasteiger partial charge in [0.1, 0.15) is 11.8 Å². The highest BCUT2D eigenvalue weighted by Gasteiger charge is 2.09. The van der Waals surface area contributed by atoms with E-state index in [1.165, 1.54) is 30.7 Å². The molecule has 0 aliphatic carbocycles. The van der Waals surface area contributed by atoms with Crippen LogP contribution in [0.25, 0.3) is 11.0 Å². The van der Waals surface area contributed by atoms with Crippen molar-refractivity contribution < 1.29 is 23.9 Å². The Morgan fingerprint density at radius 3 is 2.65 bits per heavy atom. The van der Waals surface area contributed by atoms with Crippen LogP contribution in [0.2, 0.25) is 0 Å². The average molecular weight is 421 g/mol. The predicted molar refractivity (Wildman–Crippen MR) is 114 cm³/mol. The molecule has 1 heterocycles. The van der Waals surface area contributed by atoms with E-state index in [1.807, 2.05) is 6.92 Å². The van der Waals surface area contributed by atoms with Crippen molar-refractivity contribution in [3.05, 3.63) is 75.6 Å². The molecule has 0 radical (unpaired) electrons. The molecule has 0 atom stereocenters. The van der Waals surface area contributed by atoms with Crippen LogP contribution in [0.15, 0.2) is 63.0 Å². The summed E-state index contributed by atoms with van der Waals surface area (Å²) in [6.45, 7) is 1.89. The summed E-state index contributed by atoms with van der Waals surface area (Å²) in [6.07, 6.45) is 2.17. The molecule has 0 unspecified atom stereocenters. The lowest BCUT2D eigenvalue weighted by atomic mass is 10.1. The van der Waals surface area contributed by atoms with Crippen LogP contribution in [-0.4, -0.2) is 29.1 Å². The van der Waals surface area contributed by atoms with Gasteiger partial charge in [-0.1, -0.05) is 12.1 Å². The van der Waals surface area contributed by atoms with E-state index in [0.717, 1.165) is 5.56 Å². The van der Waals surface area contributed by atoms with E-state index >= 15 is 0 Å². The first-order valence-electron chi connectivity index (χ1n) is 9.31. The minimum Gasteiger partial charge on any atom is -0.478 e. The maximum Gasteiger partial charge on any atom is 0.335 e. The number of aromatic carboxylic acids is 1. The highest BCUT2D eigenvalue weighted by atomic mass is 16.4. The van der Waals surface area contributed by atoms with Crippen molar-refractivity contribution in [1.82, 2.24) is 5.43 Å². The number of nitrogens with zero attached hydrogens (tertiary/aromatic N) is 1. The maximum absolute atomic E-state index is 12.4. The van der Waals surface area contributed by atoms with E-state index < -0.39 is 17.8 Å². The van der Waals surface area contributed by atoms with Gasteiger partial charge >= 0.3 is 5.97 Å². The topological polar surface area (TPSA) is 138 Å². The normalized spacial score (nSPS) is 10.9. The fourth-order valence-electron chi connectivity index (χ4n) is 2.75. The zero-order valence-electron chi connectivity index (χ0n) is 16.5. The van der Waals surface area contributed by atoms with Crippen molar-refractivity contribution in [2.45, 2.75) is 19.8 Å². The summed E-state index contributed by atoms with van der Waals surface area (Å²) in [7, 11) is 0. The molecule has 3 aromatic rings. The number of hydrogen-bond acceptors (Lipinski definition) is 6. The molecule has 0 aliphatic heterocycles. The minimum atomic E-state index is -1.11. The molecule has 9 heteroatoms. The molecular weight excluding hydrogens is 402 g/mol. The molecule has 0 saturated carbocycles. The summed E-state index contributed by atoms with van der Waals surface area (Å²) >= 11 is 0. The van der Waals surface area contributed by atoms with E-state index in [9.17, 15) is 19.2 Å². The molecule has 0 saturated heterocycles. The first-order valence-corrected chi connectivity index (χ1v) is 9.31. The van der Waals surface area contributed by atoms with E-state index in [2.05, 4.69) is 15.8 Å². The van der Waals surface area contributed by atoms with Gasteiger partial charge in [0.2, 0.25) is 17.2 Å². The Bertz CT molecular complexity index is 1250. The number of carbonyl (C=O) groups excluding carboxylic acids is 2. The molecule has 3 rings (SSSR count). The van der Waals surface area contributed by atoms with Crippen molar-refractivity contribution in [2.75, 3.05) is 5.32 Å². The number of anilines is 1. The van der Waals surface area contributed by atoms with Gasteiger partial charge in [-0.25, -0.2) is 10.2 Å². The Morgan fingerprint density at radius 2 is 1.87 bits per heavy atom. The van der Waals surface area contributed by atoms with Crippen molar-refractivity contribution in [3.63, 3.8) is 0 Å². The standard InChI is InChI=1S/C22H19N3O6/c1-13-5-6-17-18(9-13)31-12-15(21(17)28)11-23-25-20(27)8-7-19(26)24-16-4-2-3-14(10-16)22(29)30/h2-6,9-12H,7-8H2,1H3,(H,24,26)(H,25,27)(H,29,30)/b23-11+. The number of carboxylic acid groups (broad SMARTS) is 1. The lowest BCUT2D eigenvalue weighted by molar-refractivity contribution is -0.124. The molecule has 9 nitrogen and oxygen atoms in total. The minimum absolute atomic E-state index is 0.0400. The molecule has 0 spiro atoms. The Kier molecular flexibility index (Phi) is 6.56. The van der Waals surface area contributed by atoms with Gasteiger partial charge in [0.05, 0.1) is 22.7 Å². The molecule has 2 amide bonds. The smallest absolute Gasteiger partial charge is 0.335 e. The van der Waals surface area contributed by atoms with Crippen LogP contribution in [0, 0.1) is 6.92 Å². The third kappa shape index (κ3) is 5.63. The second kappa shape index (κ2) is 9.49. The Balaban J connectivity index is 1.52. The summed E-state index contributed by atoms with van der Waals surface area (Å²) in [6, 6.07) is 11.0. The lowest BCUT2D eigenvalue weighted by Gasteiger charge is -2.05. The van der Waals surface area contributed by atoms with Gasteiger partial charge in [0.15, 0.2) is 0 Å². The zero-order valence-corrected chi connectivity index (χ0v) is 16.5. The van der Waals surface area contributed by atoms with Gasteiger partial charge in [0, 0.05) is 18.5 Å². The third-order valence-corrected chi connectivity index (χ3v) is 4.32. The molecular formula is C22H19N3O6. The van der Waals surface area contributed by atoms with E-state index in [0.29, 0.717) is 16.7 Å². The number of hydrogen-bond donors (Lipinski definition) is 3. The van der Waals surface area contributed by atoms with Crippen molar-refractivity contribution in [3.8, 4) is 0 Å². The number of nitrogens with one attached hydrogen (secondary N) is 2. The van der Waals surface area contributed by atoms with Gasteiger partial charge < -0.3 is 14.8 Å². The number of amides is 2. The number of aryl methyl sites for hydroxylation is 1. The number of carbonyl (C=O) groups is 3. The van der Waals surface area contributed by atoms with Gasteiger partial charge in [-0.2, -0.15) is 5.10 Å². The van der Waals surface area contributed by atoms with Gasteiger partial charge in [-0.15, -0.1) is 0 Å². The summed E-state index contributed by atoms with van der Waals surface area (Å²) in [5.41, 5.74) is 3.94. The van der Waals surface area contributed by atoms with Crippen LogP contribution < -0.4 is 16.2 Å². The Morgan fingerprint density at radius 1 is 1.10 bits per heavy atom. The molecule has 0 aliphatic rings. The molecule has 158 valence electrons. The van der Waals surface area contributed by atoms with Crippen LogP contribution in [0.4, 0.5) is 5.69 Å². The highest BCUT2D eigenvalue weighted by Crippen LogP contribution is 2.13. The van der Waals surface area contributed by atoms with Crippen molar-refractivity contribution >= 4 is 40.7 Å². The van der Waals surface area contributed by atoms with Crippen molar-refractivity contribution in [2.24, 2.45) is 5.10 Å². The SMILES string of the molecule is Cc1ccc2c(=O)c(/C=N/NC(=O)CCC(=O)Nc3cccc(C(=O)O)c3)coc2c1. The number of rotatable bonds is 7. The van der Waals surface area contributed by atoms with Crippen LogP contribution in [-0.2, 0) is 9.59 Å². The number of carboxylic acids is 1. The molecule has 1 aromatic heterocycles. The highest BCUT2D eigenvalue weighted by molar-refractivity contribution is 5.95. The average Bonchev–Trinajstić information content (AvgIpc) is 2.74. The second-order valence-electron chi connectivity index (χ2n) is 6.75. The van der Waals surface area contributed by atoms with E-state index in [1.54, 1.807) is 24.3 Å². The summed E-state index contributed by atoms with van der Waals surface area (Å²) in [5.74, 6) is -2.08. The van der Waals surface area contributed by atoms with Crippen LogP contribution in [0.3, 0.4) is 0 Å². The van der Waals surface area contributed by atoms with Gasteiger partial charge in [-0.05, 0) is 42.8 Å². The van der Waals surface area contributed by atoms with Gasteiger partial charge in [0.25, 0.3) is 0 Å². The molecule has 0 bridgehead atoms. The number of fused-ring (bicyclic) bond motifs is 1. The first-order chi connectivity index (χ1) is 14.8. The van der Waals surface area contributed by atoms with Gasteiger partial charge in [-0.3, -0.25) is 14.4 Å². The Hall–Kier alpha value is -4.27. The lowest BCUT2D eigenvalue weighted by Crippen LogP contribution is -2.21. The summed E-state index contributed by atoms with van der Waals surface area (Å²) < 4.78 is 5.43. The largest absolute Gasteiger partial charge is 0.478 e. The van der Waals surface area contributed by atoms with Crippen LogP contribution in [0.5, 0.6) is 0 Å². The van der Waals surface area contributed by atoms with Crippen molar-refractivity contribution in [1.29, 1.82) is 0 Å². The third-order valence-electron chi connectivity index (χ3n) is 4.32. The zero-order chi connectivity index (χ0) is 22.4. The molecule has 3 N–H and O–H groups in total. The Labute approximate surface area is 176 Å². The quantitative estimate of drug-likeness (QED) is 0.396. The second-order valence-corrected chi connectivity index (χ2v) is 6.75. The fourth-order valence-corrected chi connectivity index (χ4v) is 2.75. The maximum atomic E-state index is 12.4. The number of benzene rings is 2.